The van der Waals surface area contributed by atoms with Crippen LogP contribution in [0.4, 0.5) is 0 Å². The molecular formula is C13H11N3O3S. The molecule has 0 aliphatic heterocycles. The number of aromatic nitrogens is 3. The van der Waals surface area contributed by atoms with Gasteiger partial charge in [0.1, 0.15) is 15.5 Å². The molecule has 0 amide bonds. The highest BCUT2D eigenvalue weighted by Crippen LogP contribution is 2.26. The molecule has 20 heavy (non-hydrogen) atoms. The summed E-state index contributed by atoms with van der Waals surface area (Å²) < 4.78 is 0. The van der Waals surface area contributed by atoms with Crippen LogP contribution in [-0.2, 0) is 6.42 Å². The Morgan fingerprint density at radius 3 is 2.95 bits per heavy atom. The smallest absolute Gasteiger partial charge is 0.346 e. The molecule has 6 nitrogen and oxygen atoms in total. The van der Waals surface area contributed by atoms with E-state index in [9.17, 15) is 9.59 Å². The first-order chi connectivity index (χ1) is 9.56. The molecule has 0 atom stereocenters. The maximum Gasteiger partial charge on any atom is 0.346 e. The zero-order valence-electron chi connectivity index (χ0n) is 10.6. The van der Waals surface area contributed by atoms with Gasteiger partial charge >= 0.3 is 5.97 Å². The van der Waals surface area contributed by atoms with Crippen molar-refractivity contribution >= 4 is 27.5 Å². The molecule has 3 rings (SSSR count). The molecule has 0 spiro atoms. The molecule has 3 aromatic rings. The maximum atomic E-state index is 12.1. The topological polar surface area (TPSA) is 98.8 Å². The molecule has 0 aromatic carbocycles. The Labute approximate surface area is 117 Å². The van der Waals surface area contributed by atoms with Gasteiger partial charge in [-0.3, -0.25) is 4.79 Å². The fourth-order valence-electron chi connectivity index (χ4n) is 2.14. The number of aryl methyl sites for hydroxylation is 1. The van der Waals surface area contributed by atoms with Gasteiger partial charge in [-0.25, -0.2) is 9.78 Å². The van der Waals surface area contributed by atoms with Crippen molar-refractivity contribution in [3.8, 4) is 0 Å². The third-order valence-electron chi connectivity index (χ3n) is 3.08. The second-order valence-corrected chi connectivity index (χ2v) is 5.45. The van der Waals surface area contributed by atoms with Gasteiger partial charge in [0, 0.05) is 18.8 Å². The Morgan fingerprint density at radius 2 is 2.30 bits per heavy atom. The number of rotatable bonds is 3. The van der Waals surface area contributed by atoms with Gasteiger partial charge in [-0.15, -0.1) is 11.3 Å². The molecular weight excluding hydrogens is 278 g/mol. The number of carbonyl (C=O) groups is 1. The van der Waals surface area contributed by atoms with Crippen LogP contribution in [0.25, 0.3) is 10.2 Å². The first-order valence-corrected chi connectivity index (χ1v) is 6.75. The number of aromatic carboxylic acids is 1. The Kier molecular flexibility index (Phi) is 2.90. The lowest BCUT2D eigenvalue weighted by Crippen LogP contribution is -2.11. The second kappa shape index (κ2) is 4.61. The molecule has 3 heterocycles. The van der Waals surface area contributed by atoms with E-state index in [2.05, 4.69) is 15.0 Å². The summed E-state index contributed by atoms with van der Waals surface area (Å²) in [5, 5.41) is 9.47. The molecule has 102 valence electrons. The Hall–Kier alpha value is -2.41. The number of nitrogens with one attached hydrogen (secondary N) is 2. The second-order valence-electron chi connectivity index (χ2n) is 4.45. The number of hydrogen-bond donors (Lipinski definition) is 3. The minimum atomic E-state index is -1.03. The van der Waals surface area contributed by atoms with Gasteiger partial charge in [0.25, 0.3) is 5.56 Å². The summed E-state index contributed by atoms with van der Waals surface area (Å²) in [6.45, 7) is 1.63. The summed E-state index contributed by atoms with van der Waals surface area (Å²) in [6, 6.07) is 1.90. The fourth-order valence-corrected chi connectivity index (χ4v) is 3.18. The summed E-state index contributed by atoms with van der Waals surface area (Å²) in [5.41, 5.74) is 1.18. The summed E-state index contributed by atoms with van der Waals surface area (Å²) in [7, 11) is 0. The van der Waals surface area contributed by atoms with Gasteiger partial charge in [0.2, 0.25) is 0 Å². The third-order valence-corrected chi connectivity index (χ3v) is 4.25. The quantitative estimate of drug-likeness (QED) is 0.685. The van der Waals surface area contributed by atoms with E-state index in [0.29, 0.717) is 28.0 Å². The lowest BCUT2D eigenvalue weighted by Gasteiger charge is -1.99. The molecule has 7 heteroatoms. The number of fused-ring (bicyclic) bond motifs is 1. The van der Waals surface area contributed by atoms with Crippen LogP contribution < -0.4 is 5.56 Å². The minimum Gasteiger partial charge on any atom is -0.477 e. The fraction of sp³-hybridized carbons (Fsp3) is 0.154. The van der Waals surface area contributed by atoms with Gasteiger partial charge in [-0.05, 0) is 24.1 Å². The lowest BCUT2D eigenvalue weighted by atomic mass is 10.2. The average molecular weight is 289 g/mol. The van der Waals surface area contributed by atoms with E-state index in [1.165, 1.54) is 0 Å². The number of aromatic amines is 2. The summed E-state index contributed by atoms with van der Waals surface area (Å²) >= 11 is 1.03. The highest BCUT2D eigenvalue weighted by atomic mass is 32.1. The van der Waals surface area contributed by atoms with Crippen molar-refractivity contribution in [3.63, 3.8) is 0 Å². The maximum absolute atomic E-state index is 12.1. The zero-order valence-corrected chi connectivity index (χ0v) is 11.4. The first kappa shape index (κ1) is 12.6. The molecule has 0 saturated heterocycles. The minimum absolute atomic E-state index is 0.164. The molecule has 0 unspecified atom stereocenters. The van der Waals surface area contributed by atoms with Crippen LogP contribution in [-0.4, -0.2) is 26.0 Å². The van der Waals surface area contributed by atoms with Crippen LogP contribution in [0.5, 0.6) is 0 Å². The Bertz CT molecular complexity index is 846. The molecule has 0 radical (unpaired) electrons. The standard InChI is InChI=1S/C13H11N3O3S/c1-6-9-11(17)15-8(4-7-2-3-14-5-7)16-12(9)20-10(6)13(18)19/h2-3,5,14H,4H2,1H3,(H,18,19)(H,15,16,17). The van der Waals surface area contributed by atoms with Crippen molar-refractivity contribution < 1.29 is 9.90 Å². The van der Waals surface area contributed by atoms with Crippen molar-refractivity contribution in [2.24, 2.45) is 0 Å². The van der Waals surface area contributed by atoms with E-state index in [1.54, 1.807) is 13.1 Å². The van der Waals surface area contributed by atoms with Crippen LogP contribution in [0.3, 0.4) is 0 Å². The van der Waals surface area contributed by atoms with Crippen LogP contribution in [0.1, 0.15) is 26.6 Å². The van der Waals surface area contributed by atoms with E-state index in [4.69, 9.17) is 5.11 Å². The van der Waals surface area contributed by atoms with E-state index < -0.39 is 5.97 Å². The van der Waals surface area contributed by atoms with Crippen molar-refractivity contribution in [2.75, 3.05) is 0 Å². The molecule has 0 bridgehead atoms. The largest absolute Gasteiger partial charge is 0.477 e. The molecule has 0 aliphatic rings. The van der Waals surface area contributed by atoms with Gasteiger partial charge < -0.3 is 15.1 Å². The lowest BCUT2D eigenvalue weighted by molar-refractivity contribution is 0.0701. The van der Waals surface area contributed by atoms with E-state index >= 15 is 0 Å². The van der Waals surface area contributed by atoms with Crippen molar-refractivity contribution in [1.82, 2.24) is 15.0 Å². The highest BCUT2D eigenvalue weighted by Gasteiger charge is 2.18. The van der Waals surface area contributed by atoms with Crippen LogP contribution in [0, 0.1) is 6.92 Å². The predicted octanol–water partition coefficient (Wildman–Crippen LogP) is 1.91. The average Bonchev–Trinajstić information content (AvgIpc) is 2.97. The van der Waals surface area contributed by atoms with Gasteiger partial charge in [0.05, 0.1) is 5.39 Å². The van der Waals surface area contributed by atoms with Crippen molar-refractivity contribution in [2.45, 2.75) is 13.3 Å². The number of nitrogens with zero attached hydrogens (tertiary/aromatic N) is 1. The van der Waals surface area contributed by atoms with Crippen LogP contribution >= 0.6 is 11.3 Å². The number of thiophene rings is 1. The van der Waals surface area contributed by atoms with E-state index in [0.717, 1.165) is 16.9 Å². The van der Waals surface area contributed by atoms with Crippen LogP contribution in [0.15, 0.2) is 23.3 Å². The SMILES string of the molecule is Cc1c(C(=O)O)sc2nc(Cc3cc[nH]c3)[nH]c(=O)c12. The molecule has 0 saturated carbocycles. The Morgan fingerprint density at radius 1 is 1.50 bits per heavy atom. The number of carboxylic acid groups (broad SMARTS) is 1. The van der Waals surface area contributed by atoms with Gasteiger partial charge in [0.15, 0.2) is 0 Å². The summed E-state index contributed by atoms with van der Waals surface area (Å²) in [6.07, 6.45) is 4.12. The number of H-pyrrole nitrogens is 2. The number of carboxylic acids is 1. The van der Waals surface area contributed by atoms with Crippen molar-refractivity contribution in [3.05, 3.63) is 50.6 Å². The van der Waals surface area contributed by atoms with E-state index in [1.807, 2.05) is 12.3 Å². The van der Waals surface area contributed by atoms with Crippen LogP contribution in [0.2, 0.25) is 0 Å². The van der Waals surface area contributed by atoms with Crippen molar-refractivity contribution in [1.29, 1.82) is 0 Å². The third kappa shape index (κ3) is 2.01. The van der Waals surface area contributed by atoms with E-state index in [-0.39, 0.29) is 10.4 Å². The zero-order chi connectivity index (χ0) is 14.3. The van der Waals surface area contributed by atoms with Gasteiger partial charge in [-0.1, -0.05) is 0 Å². The monoisotopic (exact) mass is 289 g/mol. The van der Waals surface area contributed by atoms with Gasteiger partial charge in [-0.2, -0.15) is 0 Å². The normalized spacial score (nSPS) is 11.1. The summed E-state index contributed by atoms with van der Waals surface area (Å²) in [4.78, 5) is 33.8. The highest BCUT2D eigenvalue weighted by molar-refractivity contribution is 7.20. The predicted molar refractivity (Wildman–Crippen MR) is 75.5 cm³/mol. The Balaban J connectivity index is 2.14. The molecule has 3 aromatic heterocycles. The summed E-state index contributed by atoms with van der Waals surface area (Å²) in [5.74, 6) is -0.502. The molecule has 0 aliphatic carbocycles. The molecule has 0 fully saturated rings. The molecule has 3 N–H and O–H groups in total. The number of hydrogen-bond acceptors (Lipinski definition) is 4. The first-order valence-electron chi connectivity index (χ1n) is 5.93.